The van der Waals surface area contributed by atoms with Gasteiger partial charge in [0.05, 0.1) is 4.47 Å². The van der Waals surface area contributed by atoms with Gasteiger partial charge >= 0.3 is 0 Å². The Bertz CT molecular complexity index is 365. The molecule has 2 rings (SSSR count). The smallest absolute Gasteiger partial charge is 0.143 e. The van der Waals surface area contributed by atoms with Crippen molar-refractivity contribution >= 4 is 21.7 Å². The first-order valence-corrected chi connectivity index (χ1v) is 6.27. The van der Waals surface area contributed by atoms with Gasteiger partial charge in [0, 0.05) is 18.8 Å². The Morgan fingerprint density at radius 2 is 2.20 bits per heavy atom. The molecular weight excluding hydrogens is 252 g/mol. The van der Waals surface area contributed by atoms with Crippen molar-refractivity contribution in [3.05, 3.63) is 22.3 Å². The van der Waals surface area contributed by atoms with Gasteiger partial charge in [0.25, 0.3) is 0 Å². The van der Waals surface area contributed by atoms with Crippen molar-refractivity contribution in [1.29, 1.82) is 0 Å². The fourth-order valence-corrected chi connectivity index (χ4v) is 2.82. The van der Waals surface area contributed by atoms with Crippen molar-refractivity contribution in [3.8, 4) is 0 Å². The third kappa shape index (κ3) is 2.03. The molecule has 1 aliphatic heterocycles. The number of nitrogens with zero attached hydrogens (tertiary/aromatic N) is 2. The van der Waals surface area contributed by atoms with Crippen molar-refractivity contribution in [2.24, 2.45) is 5.92 Å². The molecule has 2 atom stereocenters. The van der Waals surface area contributed by atoms with Gasteiger partial charge in [-0.3, -0.25) is 0 Å². The first kappa shape index (κ1) is 10.9. The van der Waals surface area contributed by atoms with E-state index >= 15 is 0 Å². The van der Waals surface area contributed by atoms with E-state index in [1.165, 1.54) is 12.0 Å². The van der Waals surface area contributed by atoms with Crippen LogP contribution < -0.4 is 4.90 Å². The van der Waals surface area contributed by atoms with Crippen molar-refractivity contribution in [2.45, 2.75) is 33.2 Å². The first-order chi connectivity index (χ1) is 7.09. The van der Waals surface area contributed by atoms with Crippen LogP contribution in [0.15, 0.2) is 16.7 Å². The second-order valence-electron chi connectivity index (χ2n) is 4.52. The van der Waals surface area contributed by atoms with Gasteiger partial charge in [-0.25, -0.2) is 4.98 Å². The predicted octanol–water partition coefficient (Wildman–Crippen LogP) is 3.39. The van der Waals surface area contributed by atoms with E-state index in [4.69, 9.17) is 0 Å². The third-order valence-electron chi connectivity index (χ3n) is 3.37. The van der Waals surface area contributed by atoms with Crippen molar-refractivity contribution in [3.63, 3.8) is 0 Å². The van der Waals surface area contributed by atoms with Crippen molar-refractivity contribution in [1.82, 2.24) is 4.98 Å². The molecule has 0 radical (unpaired) electrons. The summed E-state index contributed by atoms with van der Waals surface area (Å²) in [5, 5.41) is 0. The quantitative estimate of drug-likeness (QED) is 0.777. The largest absolute Gasteiger partial charge is 0.353 e. The molecule has 1 aliphatic rings. The summed E-state index contributed by atoms with van der Waals surface area (Å²) < 4.78 is 1.11. The van der Waals surface area contributed by atoms with Crippen LogP contribution in [0.1, 0.15) is 25.8 Å². The normalized spacial score (nSPS) is 26.0. The van der Waals surface area contributed by atoms with Crippen LogP contribution in [0.3, 0.4) is 0 Å². The van der Waals surface area contributed by atoms with Gasteiger partial charge in [0.1, 0.15) is 5.82 Å². The van der Waals surface area contributed by atoms with Crippen LogP contribution in [0.5, 0.6) is 0 Å². The summed E-state index contributed by atoms with van der Waals surface area (Å²) in [6, 6.07) is 2.73. The molecule has 0 aliphatic carbocycles. The van der Waals surface area contributed by atoms with E-state index in [0.29, 0.717) is 6.04 Å². The second-order valence-corrected chi connectivity index (χ2v) is 5.37. The highest BCUT2D eigenvalue weighted by atomic mass is 79.9. The maximum atomic E-state index is 4.52. The first-order valence-electron chi connectivity index (χ1n) is 5.48. The topological polar surface area (TPSA) is 16.1 Å². The molecule has 0 N–H and O–H groups in total. The molecule has 1 aromatic rings. The molecule has 2 heterocycles. The summed E-state index contributed by atoms with van der Waals surface area (Å²) in [5.41, 5.74) is 1.20. The number of aryl methyl sites for hydroxylation is 1. The SMILES string of the molecule is Cc1cnc(N2CCC(C)C2C)c(Br)c1. The van der Waals surface area contributed by atoms with Gasteiger partial charge in [-0.15, -0.1) is 0 Å². The summed E-state index contributed by atoms with van der Waals surface area (Å²) in [6.07, 6.45) is 3.21. The Kier molecular flexibility index (Phi) is 3.01. The summed E-state index contributed by atoms with van der Waals surface area (Å²) in [6.45, 7) is 7.78. The lowest BCUT2D eigenvalue weighted by Gasteiger charge is -2.25. The number of rotatable bonds is 1. The average Bonchev–Trinajstić information content (AvgIpc) is 2.49. The van der Waals surface area contributed by atoms with Gasteiger partial charge < -0.3 is 4.90 Å². The molecule has 3 heteroatoms. The van der Waals surface area contributed by atoms with Crippen LogP contribution >= 0.6 is 15.9 Å². The molecule has 1 fully saturated rings. The van der Waals surface area contributed by atoms with Gasteiger partial charge in [0.15, 0.2) is 0 Å². The minimum atomic E-state index is 0.594. The number of pyridine rings is 1. The highest BCUT2D eigenvalue weighted by Crippen LogP contribution is 2.32. The van der Waals surface area contributed by atoms with Crippen molar-refractivity contribution in [2.75, 3.05) is 11.4 Å². The zero-order valence-corrected chi connectivity index (χ0v) is 11.1. The van der Waals surface area contributed by atoms with Crippen LogP contribution in [0, 0.1) is 12.8 Å². The maximum Gasteiger partial charge on any atom is 0.143 e. The number of anilines is 1. The Balaban J connectivity index is 2.30. The molecule has 1 aromatic heterocycles. The number of aromatic nitrogens is 1. The molecule has 0 saturated carbocycles. The van der Waals surface area contributed by atoms with Gasteiger partial charge in [-0.1, -0.05) is 6.92 Å². The molecule has 1 saturated heterocycles. The molecule has 15 heavy (non-hydrogen) atoms. The monoisotopic (exact) mass is 268 g/mol. The van der Waals surface area contributed by atoms with Crippen LogP contribution in [0.4, 0.5) is 5.82 Å². The number of hydrogen-bond donors (Lipinski definition) is 0. The summed E-state index contributed by atoms with van der Waals surface area (Å²) in [5.74, 6) is 1.86. The highest BCUT2D eigenvalue weighted by Gasteiger charge is 2.29. The van der Waals surface area contributed by atoms with E-state index in [-0.39, 0.29) is 0 Å². The highest BCUT2D eigenvalue weighted by molar-refractivity contribution is 9.10. The third-order valence-corrected chi connectivity index (χ3v) is 3.95. The molecule has 0 bridgehead atoms. The standard InChI is InChI=1S/C12H17BrN2/c1-8-6-11(13)12(14-7-8)15-5-4-9(2)10(15)3/h6-7,9-10H,4-5H2,1-3H3. The van der Waals surface area contributed by atoms with Crippen LogP contribution in [-0.4, -0.2) is 17.6 Å². The van der Waals surface area contributed by atoms with Gasteiger partial charge in [-0.2, -0.15) is 0 Å². The summed E-state index contributed by atoms with van der Waals surface area (Å²) in [4.78, 5) is 6.92. The molecule has 0 amide bonds. The van der Waals surface area contributed by atoms with Crippen molar-refractivity contribution < 1.29 is 0 Å². The lowest BCUT2D eigenvalue weighted by Crippen LogP contribution is -2.30. The summed E-state index contributed by atoms with van der Waals surface area (Å²) >= 11 is 3.60. The Morgan fingerprint density at radius 1 is 1.47 bits per heavy atom. The zero-order valence-electron chi connectivity index (χ0n) is 9.50. The van der Waals surface area contributed by atoms with E-state index in [2.05, 4.69) is 52.7 Å². The van der Waals surface area contributed by atoms with E-state index < -0.39 is 0 Å². The average molecular weight is 269 g/mol. The Hall–Kier alpha value is -0.570. The predicted molar refractivity (Wildman–Crippen MR) is 67.3 cm³/mol. The van der Waals surface area contributed by atoms with E-state index in [0.717, 1.165) is 22.8 Å². The zero-order chi connectivity index (χ0) is 11.0. The van der Waals surface area contributed by atoms with E-state index in [1.54, 1.807) is 0 Å². The molecule has 0 spiro atoms. The molecule has 82 valence electrons. The maximum absolute atomic E-state index is 4.52. The summed E-state index contributed by atoms with van der Waals surface area (Å²) in [7, 11) is 0. The fourth-order valence-electron chi connectivity index (χ4n) is 2.13. The fraction of sp³-hybridized carbons (Fsp3) is 0.583. The lowest BCUT2D eigenvalue weighted by molar-refractivity contribution is 0.544. The van der Waals surface area contributed by atoms with E-state index in [1.807, 2.05) is 6.20 Å². The van der Waals surface area contributed by atoms with Crippen LogP contribution in [-0.2, 0) is 0 Å². The molecule has 0 aromatic carbocycles. The minimum absolute atomic E-state index is 0.594. The molecule has 2 nitrogen and oxygen atoms in total. The Labute approximate surface area is 99.8 Å². The number of halogens is 1. The van der Waals surface area contributed by atoms with Gasteiger partial charge in [-0.05, 0) is 53.7 Å². The second kappa shape index (κ2) is 4.12. The minimum Gasteiger partial charge on any atom is -0.353 e. The molecular formula is C12H17BrN2. The van der Waals surface area contributed by atoms with Gasteiger partial charge in [0.2, 0.25) is 0 Å². The van der Waals surface area contributed by atoms with Crippen LogP contribution in [0.25, 0.3) is 0 Å². The number of hydrogen-bond acceptors (Lipinski definition) is 2. The Morgan fingerprint density at radius 3 is 2.73 bits per heavy atom. The molecule has 2 unspecified atom stereocenters. The van der Waals surface area contributed by atoms with Crippen LogP contribution in [0.2, 0.25) is 0 Å². The lowest BCUT2D eigenvalue weighted by atomic mass is 10.1. The van der Waals surface area contributed by atoms with E-state index in [9.17, 15) is 0 Å².